The average molecular weight is 356 g/mol. The summed E-state index contributed by atoms with van der Waals surface area (Å²) in [7, 11) is 0. The smallest absolute Gasteiger partial charge is 0.339 e. The summed E-state index contributed by atoms with van der Waals surface area (Å²) in [6, 6.07) is 13.0. The molecule has 0 saturated heterocycles. The van der Waals surface area contributed by atoms with Gasteiger partial charge in [-0.25, -0.2) is 4.79 Å². The van der Waals surface area contributed by atoms with Crippen LogP contribution in [0.2, 0.25) is 0 Å². The van der Waals surface area contributed by atoms with Gasteiger partial charge in [0, 0.05) is 10.5 Å². The van der Waals surface area contributed by atoms with Crippen molar-refractivity contribution in [1.82, 2.24) is 0 Å². The van der Waals surface area contributed by atoms with Crippen molar-refractivity contribution in [2.75, 3.05) is 6.61 Å². The van der Waals surface area contributed by atoms with Crippen LogP contribution in [0.15, 0.2) is 47.4 Å². The molecule has 0 heterocycles. The first-order valence-electron chi connectivity index (χ1n) is 8.33. The second kappa shape index (κ2) is 7.87. The van der Waals surface area contributed by atoms with Crippen molar-refractivity contribution < 1.29 is 14.3 Å². The summed E-state index contributed by atoms with van der Waals surface area (Å²) in [5.74, 6) is -0.389. The minimum absolute atomic E-state index is 0.0854. The molecule has 0 aliphatic rings. The Labute approximate surface area is 153 Å². The van der Waals surface area contributed by atoms with Crippen LogP contribution in [-0.4, -0.2) is 17.7 Å². The van der Waals surface area contributed by atoms with Crippen LogP contribution in [-0.2, 0) is 10.2 Å². The number of rotatable bonds is 4. The Balaban J connectivity index is 2.48. The summed E-state index contributed by atoms with van der Waals surface area (Å²) in [4.78, 5) is 25.7. The Morgan fingerprint density at radius 1 is 1.08 bits per heavy atom. The van der Waals surface area contributed by atoms with Crippen molar-refractivity contribution in [1.29, 1.82) is 0 Å². The second-order valence-corrected chi connectivity index (χ2v) is 7.88. The van der Waals surface area contributed by atoms with Crippen LogP contribution in [0, 0.1) is 6.92 Å². The molecule has 0 aromatic heterocycles. The molecule has 2 aromatic carbocycles. The minimum Gasteiger partial charge on any atom is -0.462 e. The van der Waals surface area contributed by atoms with Crippen molar-refractivity contribution in [2.24, 2.45) is 0 Å². The summed E-state index contributed by atoms with van der Waals surface area (Å²) in [5.41, 5.74) is 2.93. The lowest BCUT2D eigenvalue weighted by molar-refractivity contribution is 0.0522. The first kappa shape index (κ1) is 19.3. The van der Waals surface area contributed by atoms with Gasteiger partial charge >= 0.3 is 5.97 Å². The number of carbonyl (C=O) groups is 2. The maximum absolute atomic E-state index is 12.6. The van der Waals surface area contributed by atoms with Gasteiger partial charge in [-0.05, 0) is 48.2 Å². The number of carbonyl (C=O) groups excluding carboxylic acids is 2. The molecule has 0 unspecified atom stereocenters. The van der Waals surface area contributed by atoms with Crippen LogP contribution in [0.25, 0.3) is 0 Å². The van der Waals surface area contributed by atoms with Crippen LogP contribution in [0.5, 0.6) is 0 Å². The van der Waals surface area contributed by atoms with Crippen molar-refractivity contribution in [2.45, 2.75) is 44.9 Å². The predicted molar refractivity (Wildman–Crippen MR) is 102 cm³/mol. The lowest BCUT2D eigenvalue weighted by Gasteiger charge is -2.22. The van der Waals surface area contributed by atoms with E-state index in [2.05, 4.69) is 20.8 Å². The molecule has 25 heavy (non-hydrogen) atoms. The molecular weight excluding hydrogens is 332 g/mol. The van der Waals surface area contributed by atoms with Gasteiger partial charge in [0.25, 0.3) is 0 Å². The normalized spacial score (nSPS) is 11.2. The van der Waals surface area contributed by atoms with Gasteiger partial charge in [0.2, 0.25) is 5.12 Å². The molecule has 0 saturated carbocycles. The van der Waals surface area contributed by atoms with E-state index in [1.807, 2.05) is 37.3 Å². The molecular formula is C21H24O3S. The zero-order valence-corrected chi connectivity index (χ0v) is 16.2. The highest BCUT2D eigenvalue weighted by atomic mass is 32.2. The van der Waals surface area contributed by atoms with Crippen LogP contribution >= 0.6 is 11.8 Å². The fourth-order valence-corrected chi connectivity index (χ4v) is 3.34. The SMILES string of the molecule is CCOC(=O)c1cc(C(C)(C)C)cc(C)c1SC(=O)c1ccccc1. The van der Waals surface area contributed by atoms with Gasteiger partial charge in [0.15, 0.2) is 0 Å². The Morgan fingerprint density at radius 3 is 2.28 bits per heavy atom. The van der Waals surface area contributed by atoms with E-state index in [4.69, 9.17) is 4.74 Å². The topological polar surface area (TPSA) is 43.4 Å². The van der Waals surface area contributed by atoms with Gasteiger partial charge in [-0.2, -0.15) is 0 Å². The highest BCUT2D eigenvalue weighted by Crippen LogP contribution is 2.34. The molecule has 0 atom stereocenters. The molecule has 0 amide bonds. The molecule has 2 rings (SSSR count). The van der Waals surface area contributed by atoms with Crippen molar-refractivity contribution in [3.8, 4) is 0 Å². The lowest BCUT2D eigenvalue weighted by Crippen LogP contribution is -2.15. The summed E-state index contributed by atoms with van der Waals surface area (Å²) >= 11 is 1.08. The van der Waals surface area contributed by atoms with Gasteiger partial charge in [-0.1, -0.05) is 57.2 Å². The van der Waals surface area contributed by atoms with Crippen molar-refractivity contribution in [3.05, 3.63) is 64.7 Å². The summed E-state index contributed by atoms with van der Waals surface area (Å²) in [6.07, 6.45) is 0. The molecule has 0 N–H and O–H groups in total. The van der Waals surface area contributed by atoms with Crippen LogP contribution in [0.3, 0.4) is 0 Å². The van der Waals surface area contributed by atoms with Gasteiger partial charge in [-0.15, -0.1) is 0 Å². The molecule has 0 spiro atoms. The third-order valence-electron chi connectivity index (χ3n) is 3.84. The Bertz CT molecular complexity index is 774. The van der Waals surface area contributed by atoms with Gasteiger partial charge in [0.1, 0.15) is 0 Å². The van der Waals surface area contributed by atoms with Crippen LogP contribution < -0.4 is 0 Å². The van der Waals surface area contributed by atoms with E-state index in [1.165, 1.54) is 0 Å². The standard InChI is InChI=1S/C21H24O3S/c1-6-24-19(22)17-13-16(21(3,4)5)12-14(2)18(17)25-20(23)15-10-8-7-9-11-15/h7-13H,6H2,1-5H3. The largest absolute Gasteiger partial charge is 0.462 e. The van der Waals surface area contributed by atoms with Crippen LogP contribution in [0.4, 0.5) is 0 Å². The summed E-state index contributed by atoms with van der Waals surface area (Å²) < 4.78 is 5.21. The van der Waals surface area contributed by atoms with E-state index in [1.54, 1.807) is 19.1 Å². The monoisotopic (exact) mass is 356 g/mol. The van der Waals surface area contributed by atoms with E-state index in [0.29, 0.717) is 22.6 Å². The van der Waals surface area contributed by atoms with Gasteiger partial charge < -0.3 is 4.74 Å². The molecule has 0 bridgehead atoms. The molecule has 132 valence electrons. The van der Waals surface area contributed by atoms with Gasteiger partial charge in [-0.3, -0.25) is 4.79 Å². The summed E-state index contributed by atoms with van der Waals surface area (Å²) in [6.45, 7) is 10.3. The minimum atomic E-state index is -0.389. The third kappa shape index (κ3) is 4.73. The molecule has 0 aliphatic carbocycles. The van der Waals surface area contributed by atoms with Crippen molar-refractivity contribution >= 4 is 22.8 Å². The number of ether oxygens (including phenoxy) is 1. The van der Waals surface area contributed by atoms with E-state index >= 15 is 0 Å². The third-order valence-corrected chi connectivity index (χ3v) is 5.01. The van der Waals surface area contributed by atoms with Crippen LogP contribution in [0.1, 0.15) is 59.5 Å². The number of thioether (sulfide) groups is 1. The zero-order chi connectivity index (χ0) is 18.6. The summed E-state index contributed by atoms with van der Waals surface area (Å²) in [5, 5.41) is -0.0854. The van der Waals surface area contributed by atoms with E-state index in [-0.39, 0.29) is 16.5 Å². The Morgan fingerprint density at radius 2 is 1.72 bits per heavy atom. The highest BCUT2D eigenvalue weighted by molar-refractivity contribution is 8.14. The number of hydrogen-bond donors (Lipinski definition) is 0. The highest BCUT2D eigenvalue weighted by Gasteiger charge is 2.23. The maximum Gasteiger partial charge on any atom is 0.339 e. The average Bonchev–Trinajstić information content (AvgIpc) is 2.56. The number of aryl methyl sites for hydroxylation is 1. The first-order chi connectivity index (χ1) is 11.7. The molecule has 0 fully saturated rings. The number of benzene rings is 2. The Hall–Kier alpha value is -2.07. The molecule has 2 aromatic rings. The molecule has 3 nitrogen and oxygen atoms in total. The van der Waals surface area contributed by atoms with E-state index < -0.39 is 0 Å². The molecule has 4 heteroatoms. The second-order valence-electron chi connectivity index (χ2n) is 6.90. The number of hydrogen-bond acceptors (Lipinski definition) is 4. The molecule has 0 aliphatic heterocycles. The lowest BCUT2D eigenvalue weighted by atomic mass is 9.85. The fourth-order valence-electron chi connectivity index (χ4n) is 2.43. The fraction of sp³-hybridized carbons (Fsp3) is 0.333. The van der Waals surface area contributed by atoms with E-state index in [0.717, 1.165) is 22.9 Å². The Kier molecular flexibility index (Phi) is 6.07. The molecule has 0 radical (unpaired) electrons. The zero-order valence-electron chi connectivity index (χ0n) is 15.4. The van der Waals surface area contributed by atoms with Gasteiger partial charge in [0.05, 0.1) is 12.2 Å². The van der Waals surface area contributed by atoms with E-state index in [9.17, 15) is 9.59 Å². The van der Waals surface area contributed by atoms with Crippen molar-refractivity contribution in [3.63, 3.8) is 0 Å². The first-order valence-corrected chi connectivity index (χ1v) is 9.15. The maximum atomic E-state index is 12.6. The number of esters is 1. The predicted octanol–water partition coefficient (Wildman–Crippen LogP) is 5.40. The quantitative estimate of drug-likeness (QED) is 0.543.